The van der Waals surface area contributed by atoms with Crippen LogP contribution in [-0.2, 0) is 12.2 Å². The monoisotopic (exact) mass is 408 g/mol. The molecule has 4 rings (SSSR count). The normalized spacial score (nSPS) is 11.0. The maximum atomic E-state index is 13.1. The Balaban J connectivity index is 1.68. The van der Waals surface area contributed by atoms with E-state index in [0.717, 1.165) is 16.9 Å². The van der Waals surface area contributed by atoms with Gasteiger partial charge in [-0.25, -0.2) is 14.4 Å². The molecule has 3 aromatic heterocycles. The summed E-state index contributed by atoms with van der Waals surface area (Å²) in [5, 5.41) is 0.502. The van der Waals surface area contributed by atoms with Crippen molar-refractivity contribution in [2.45, 2.75) is 24.3 Å². The molecule has 0 saturated carbocycles. The van der Waals surface area contributed by atoms with E-state index in [1.165, 1.54) is 30.2 Å². The molecule has 1 aromatic carbocycles. The van der Waals surface area contributed by atoms with Gasteiger partial charge in [0, 0.05) is 42.4 Å². The van der Waals surface area contributed by atoms with Crippen LogP contribution in [0.2, 0.25) is 0 Å². The number of hydrogen-bond donors (Lipinski definition) is 0. The molecule has 0 radical (unpaired) electrons. The van der Waals surface area contributed by atoms with E-state index >= 15 is 0 Å². The highest BCUT2D eigenvalue weighted by Crippen LogP contribution is 2.25. The van der Waals surface area contributed by atoms with Crippen LogP contribution in [0.15, 0.2) is 75.7 Å². The van der Waals surface area contributed by atoms with Crippen molar-refractivity contribution in [1.29, 1.82) is 0 Å². The molecule has 6 nitrogen and oxygen atoms in total. The number of hydrogen-bond acceptors (Lipinski definition) is 6. The zero-order valence-electron chi connectivity index (χ0n) is 15.6. The lowest BCUT2D eigenvalue weighted by Gasteiger charge is -2.12. The third-order valence-electron chi connectivity index (χ3n) is 4.22. The Labute approximate surface area is 170 Å². The van der Waals surface area contributed by atoms with E-state index in [9.17, 15) is 9.18 Å². The largest absolute Gasteiger partial charge is 0.445 e. The van der Waals surface area contributed by atoms with Gasteiger partial charge in [-0.2, -0.15) is 4.98 Å². The van der Waals surface area contributed by atoms with E-state index < -0.39 is 0 Å². The summed E-state index contributed by atoms with van der Waals surface area (Å²) in [7, 11) is 0. The number of halogens is 1. The van der Waals surface area contributed by atoms with Crippen LogP contribution < -0.4 is 5.56 Å². The third kappa shape index (κ3) is 4.60. The minimum absolute atomic E-state index is 0.283. The summed E-state index contributed by atoms with van der Waals surface area (Å²) >= 11 is 1.38. The summed E-state index contributed by atoms with van der Waals surface area (Å²) in [5.74, 6) is 1.58. The maximum Gasteiger partial charge on any atom is 0.277 e. The van der Waals surface area contributed by atoms with E-state index in [1.54, 1.807) is 35.3 Å². The van der Waals surface area contributed by atoms with Crippen molar-refractivity contribution < 1.29 is 8.81 Å². The fraction of sp³-hybridized carbons (Fsp3) is 0.143. The van der Waals surface area contributed by atoms with Gasteiger partial charge in [-0.05, 0) is 36.2 Å². The lowest BCUT2D eigenvalue weighted by molar-refractivity contribution is 0.494. The SMILES string of the molecule is Cc1ccc(-n2cc(Cc3cncnc3)c(=O)nc2SCc2ccc(F)cc2)o1. The minimum atomic E-state index is -0.310. The van der Waals surface area contributed by atoms with Crippen LogP contribution in [0.1, 0.15) is 22.5 Å². The molecule has 0 aliphatic carbocycles. The molecule has 0 spiro atoms. The quantitative estimate of drug-likeness (QED) is 0.355. The Bertz CT molecular complexity index is 1170. The molecule has 146 valence electrons. The number of thioether (sulfide) groups is 1. The molecule has 29 heavy (non-hydrogen) atoms. The van der Waals surface area contributed by atoms with Crippen LogP contribution in [0.4, 0.5) is 4.39 Å². The van der Waals surface area contributed by atoms with Gasteiger partial charge in [0.15, 0.2) is 5.16 Å². The number of nitrogens with zero attached hydrogens (tertiary/aromatic N) is 4. The molecular formula is C21H17FN4O2S. The maximum absolute atomic E-state index is 13.1. The average molecular weight is 408 g/mol. The van der Waals surface area contributed by atoms with Crippen LogP contribution in [0.3, 0.4) is 0 Å². The Morgan fingerprint density at radius 2 is 1.83 bits per heavy atom. The van der Waals surface area contributed by atoms with Gasteiger partial charge in [0.2, 0.25) is 5.88 Å². The molecule has 3 heterocycles. The first-order valence-electron chi connectivity index (χ1n) is 8.89. The minimum Gasteiger partial charge on any atom is -0.445 e. The molecule has 0 bridgehead atoms. The molecule has 4 aromatic rings. The highest BCUT2D eigenvalue weighted by molar-refractivity contribution is 7.98. The lowest BCUT2D eigenvalue weighted by Crippen LogP contribution is -2.19. The van der Waals surface area contributed by atoms with Crippen LogP contribution in [0.25, 0.3) is 5.88 Å². The van der Waals surface area contributed by atoms with Gasteiger partial charge in [0.1, 0.15) is 17.9 Å². The van der Waals surface area contributed by atoms with E-state index in [-0.39, 0.29) is 11.4 Å². The summed E-state index contributed by atoms with van der Waals surface area (Å²) < 4.78 is 20.7. The van der Waals surface area contributed by atoms with Gasteiger partial charge in [0.05, 0.1) is 0 Å². The van der Waals surface area contributed by atoms with Crippen molar-refractivity contribution in [2.75, 3.05) is 0 Å². The standard InChI is InChI=1S/C21H17FN4O2S/c1-14-2-7-19(28-14)26-11-17(8-16-9-23-13-24-10-16)20(27)25-21(26)29-12-15-3-5-18(22)6-4-15/h2-7,9-11,13H,8,12H2,1H3. The predicted octanol–water partition coefficient (Wildman–Crippen LogP) is 3.95. The molecular weight excluding hydrogens is 391 g/mol. The average Bonchev–Trinajstić information content (AvgIpc) is 3.16. The Kier molecular flexibility index (Phi) is 5.53. The van der Waals surface area contributed by atoms with Crippen LogP contribution in [0, 0.1) is 12.7 Å². The van der Waals surface area contributed by atoms with Crippen molar-refractivity contribution in [3.63, 3.8) is 0 Å². The number of rotatable bonds is 6. The Hall–Kier alpha value is -3.26. The summed E-state index contributed by atoms with van der Waals surface area (Å²) in [6, 6.07) is 9.94. The van der Waals surface area contributed by atoms with Gasteiger partial charge >= 0.3 is 0 Å². The molecule has 0 N–H and O–H groups in total. The van der Waals surface area contributed by atoms with E-state index in [0.29, 0.717) is 28.8 Å². The van der Waals surface area contributed by atoms with Crippen molar-refractivity contribution in [3.8, 4) is 5.88 Å². The number of benzene rings is 1. The molecule has 0 saturated heterocycles. The van der Waals surface area contributed by atoms with Gasteiger partial charge in [0.25, 0.3) is 5.56 Å². The number of furan rings is 1. The molecule has 0 unspecified atom stereocenters. The summed E-state index contributed by atoms with van der Waals surface area (Å²) in [6.07, 6.45) is 6.90. The highest BCUT2D eigenvalue weighted by atomic mass is 32.2. The first-order chi connectivity index (χ1) is 14.1. The molecule has 0 aliphatic heterocycles. The van der Waals surface area contributed by atoms with Gasteiger partial charge < -0.3 is 4.42 Å². The molecule has 0 atom stereocenters. The van der Waals surface area contributed by atoms with E-state index in [1.807, 2.05) is 19.1 Å². The summed E-state index contributed by atoms with van der Waals surface area (Å²) in [4.78, 5) is 24.9. The van der Waals surface area contributed by atoms with Crippen LogP contribution >= 0.6 is 11.8 Å². The van der Waals surface area contributed by atoms with Crippen LogP contribution in [-0.4, -0.2) is 19.5 Å². The summed E-state index contributed by atoms with van der Waals surface area (Å²) in [5.41, 5.74) is 1.95. The summed E-state index contributed by atoms with van der Waals surface area (Å²) in [6.45, 7) is 1.85. The van der Waals surface area contributed by atoms with Gasteiger partial charge in [-0.3, -0.25) is 9.36 Å². The van der Waals surface area contributed by atoms with Gasteiger partial charge in [-0.15, -0.1) is 0 Å². The third-order valence-corrected chi connectivity index (χ3v) is 5.24. The highest BCUT2D eigenvalue weighted by Gasteiger charge is 2.14. The second-order valence-corrected chi connectivity index (χ2v) is 7.39. The molecule has 0 fully saturated rings. The first-order valence-corrected chi connectivity index (χ1v) is 9.87. The molecule has 0 aliphatic rings. The second kappa shape index (κ2) is 8.40. The van der Waals surface area contributed by atoms with E-state index in [4.69, 9.17) is 4.42 Å². The predicted molar refractivity (Wildman–Crippen MR) is 108 cm³/mol. The fourth-order valence-electron chi connectivity index (χ4n) is 2.78. The second-order valence-electron chi connectivity index (χ2n) is 6.45. The molecule has 0 amide bonds. The Morgan fingerprint density at radius 3 is 2.52 bits per heavy atom. The Morgan fingerprint density at radius 1 is 1.07 bits per heavy atom. The van der Waals surface area contributed by atoms with E-state index in [2.05, 4.69) is 15.0 Å². The topological polar surface area (TPSA) is 73.8 Å². The van der Waals surface area contributed by atoms with Crippen molar-refractivity contribution in [2.24, 2.45) is 0 Å². The number of aromatic nitrogens is 4. The zero-order valence-corrected chi connectivity index (χ0v) is 16.4. The van der Waals surface area contributed by atoms with Crippen LogP contribution in [0.5, 0.6) is 0 Å². The zero-order chi connectivity index (χ0) is 20.2. The fourth-order valence-corrected chi connectivity index (χ4v) is 3.70. The van der Waals surface area contributed by atoms with Gasteiger partial charge in [-0.1, -0.05) is 23.9 Å². The molecule has 8 heteroatoms. The van der Waals surface area contributed by atoms with Crippen molar-refractivity contribution in [3.05, 3.63) is 99.9 Å². The van der Waals surface area contributed by atoms with Crippen molar-refractivity contribution >= 4 is 11.8 Å². The lowest BCUT2D eigenvalue weighted by atomic mass is 10.1. The number of aryl methyl sites for hydroxylation is 1. The first kappa shape index (κ1) is 19.1. The van der Waals surface area contributed by atoms with Crippen molar-refractivity contribution in [1.82, 2.24) is 19.5 Å². The smallest absolute Gasteiger partial charge is 0.277 e.